The molecule has 0 radical (unpaired) electrons. The van der Waals surface area contributed by atoms with Crippen LogP contribution in [0.2, 0.25) is 0 Å². The van der Waals surface area contributed by atoms with Gasteiger partial charge >= 0.3 is 7.12 Å². The molecule has 2 saturated heterocycles. The molecule has 27 heavy (non-hydrogen) atoms. The quantitative estimate of drug-likeness (QED) is 0.736. The van der Waals surface area contributed by atoms with Crippen molar-refractivity contribution in [3.63, 3.8) is 0 Å². The molecule has 8 heteroatoms. The van der Waals surface area contributed by atoms with Crippen molar-refractivity contribution in [1.82, 2.24) is 4.90 Å². The van der Waals surface area contributed by atoms with Crippen LogP contribution in [0.3, 0.4) is 0 Å². The normalized spacial score (nSPS) is 23.6. The highest BCUT2D eigenvalue weighted by atomic mass is 19.3. The van der Waals surface area contributed by atoms with Crippen LogP contribution in [-0.2, 0) is 9.31 Å². The summed E-state index contributed by atoms with van der Waals surface area (Å²) in [6.45, 7) is 9.21. The van der Waals surface area contributed by atoms with Gasteiger partial charge in [0.15, 0.2) is 0 Å². The number of benzene rings is 1. The van der Waals surface area contributed by atoms with E-state index in [2.05, 4.69) is 0 Å². The van der Waals surface area contributed by atoms with E-state index in [0.717, 1.165) is 0 Å². The maximum absolute atomic E-state index is 14.7. The zero-order chi connectivity index (χ0) is 20.2. The lowest BCUT2D eigenvalue weighted by Gasteiger charge is -2.32. The Kier molecular flexibility index (Phi) is 4.88. The molecule has 1 aromatic carbocycles. The predicted molar refractivity (Wildman–Crippen MR) is 96.9 cm³/mol. The lowest BCUT2D eigenvalue weighted by Crippen LogP contribution is -2.43. The molecule has 1 aromatic rings. The van der Waals surface area contributed by atoms with Gasteiger partial charge in [-0.15, -0.1) is 0 Å². The number of hydrogen-bond acceptors (Lipinski definition) is 3. The molecule has 2 aliphatic rings. The van der Waals surface area contributed by atoms with Gasteiger partial charge in [-0.25, -0.2) is 13.2 Å². The van der Waals surface area contributed by atoms with Crippen LogP contribution in [0.5, 0.6) is 0 Å². The fourth-order valence-electron chi connectivity index (χ4n) is 3.29. The molecular weight excluding hydrogens is 358 g/mol. The Morgan fingerprint density at radius 1 is 1.07 bits per heavy atom. The first-order valence-corrected chi connectivity index (χ1v) is 9.16. The predicted octanol–water partition coefficient (Wildman–Crippen LogP) is 3.30. The molecule has 0 aliphatic carbocycles. The number of amides is 1. The first-order valence-electron chi connectivity index (χ1n) is 9.16. The Balaban J connectivity index is 1.83. The van der Waals surface area contributed by atoms with E-state index < -0.39 is 48.8 Å². The average molecular weight is 383 g/mol. The summed E-state index contributed by atoms with van der Waals surface area (Å²) in [7, 11) is -0.734. The van der Waals surface area contributed by atoms with Crippen LogP contribution in [0.15, 0.2) is 12.1 Å². The van der Waals surface area contributed by atoms with Gasteiger partial charge < -0.3 is 14.2 Å². The smallest absolute Gasteiger partial charge is 0.399 e. The molecule has 2 heterocycles. The molecule has 0 bridgehead atoms. The van der Waals surface area contributed by atoms with Crippen LogP contribution < -0.4 is 5.46 Å². The number of hydrogen-bond donors (Lipinski definition) is 0. The van der Waals surface area contributed by atoms with Gasteiger partial charge in [0, 0.05) is 25.9 Å². The van der Waals surface area contributed by atoms with Gasteiger partial charge in [-0.3, -0.25) is 4.79 Å². The van der Waals surface area contributed by atoms with Gasteiger partial charge in [0.2, 0.25) is 0 Å². The van der Waals surface area contributed by atoms with Gasteiger partial charge in [0.25, 0.3) is 11.8 Å². The Labute approximate surface area is 158 Å². The monoisotopic (exact) mass is 383 g/mol. The third-order valence-corrected chi connectivity index (χ3v) is 5.88. The lowest BCUT2D eigenvalue weighted by molar-refractivity contribution is -0.0494. The molecule has 0 spiro atoms. The number of nitrogens with zero attached hydrogens (tertiary/aromatic N) is 1. The molecule has 3 rings (SSSR count). The van der Waals surface area contributed by atoms with Crippen molar-refractivity contribution in [3.8, 4) is 0 Å². The van der Waals surface area contributed by atoms with E-state index in [4.69, 9.17) is 9.31 Å². The zero-order valence-electron chi connectivity index (χ0n) is 16.4. The number of rotatable bonds is 2. The Bertz CT molecular complexity index is 741. The Hall–Kier alpha value is -1.54. The summed E-state index contributed by atoms with van der Waals surface area (Å²) < 4.78 is 53.2. The summed E-state index contributed by atoms with van der Waals surface area (Å²) in [6, 6.07) is 2.70. The first-order chi connectivity index (χ1) is 12.3. The van der Waals surface area contributed by atoms with E-state index in [1.807, 2.05) is 27.7 Å². The number of halogens is 3. The topological polar surface area (TPSA) is 38.8 Å². The fraction of sp³-hybridized carbons (Fsp3) is 0.632. The number of alkyl halides is 2. The van der Waals surface area contributed by atoms with Crippen LogP contribution in [0.1, 0.15) is 56.5 Å². The SMILES string of the molecule is Cc1cc(C(=O)N2CCC(F)(F)CC2)c(F)cc1B1OC(C)(C)C(C)(C)O1. The number of likely N-dealkylation sites (tertiary alicyclic amines) is 1. The second kappa shape index (κ2) is 6.52. The number of aryl methyl sites for hydroxylation is 1. The second-order valence-electron chi connectivity index (χ2n) is 8.43. The standard InChI is InChI=1S/C19H25BF3NO3/c1-12-10-13(16(25)24-8-6-19(22,23)7-9-24)15(21)11-14(12)20-26-17(2,3)18(4,5)27-20/h10-11H,6-9H2,1-5H3. The Morgan fingerprint density at radius 3 is 2.11 bits per heavy atom. The van der Waals surface area contributed by atoms with Crippen LogP contribution in [0.4, 0.5) is 13.2 Å². The summed E-state index contributed by atoms with van der Waals surface area (Å²) in [5, 5.41) is 0. The van der Waals surface area contributed by atoms with Crippen LogP contribution >= 0.6 is 0 Å². The molecule has 0 N–H and O–H groups in total. The third-order valence-electron chi connectivity index (χ3n) is 5.88. The number of piperidine rings is 1. The fourth-order valence-corrected chi connectivity index (χ4v) is 3.29. The highest BCUT2D eigenvalue weighted by Gasteiger charge is 2.52. The largest absolute Gasteiger partial charge is 0.495 e. The maximum atomic E-state index is 14.7. The van der Waals surface area contributed by atoms with Gasteiger partial charge in [-0.2, -0.15) is 0 Å². The average Bonchev–Trinajstić information content (AvgIpc) is 2.76. The second-order valence-corrected chi connectivity index (χ2v) is 8.43. The van der Waals surface area contributed by atoms with E-state index in [-0.39, 0.29) is 18.7 Å². The van der Waals surface area contributed by atoms with Crippen molar-refractivity contribution in [1.29, 1.82) is 0 Å². The van der Waals surface area contributed by atoms with Crippen molar-refractivity contribution in [2.24, 2.45) is 0 Å². The van der Waals surface area contributed by atoms with E-state index in [0.29, 0.717) is 11.0 Å². The van der Waals surface area contributed by atoms with E-state index >= 15 is 0 Å². The summed E-state index contributed by atoms with van der Waals surface area (Å²) >= 11 is 0. The van der Waals surface area contributed by atoms with Crippen molar-refractivity contribution >= 4 is 18.5 Å². The molecule has 4 nitrogen and oxygen atoms in total. The van der Waals surface area contributed by atoms with E-state index in [1.165, 1.54) is 17.0 Å². The third kappa shape index (κ3) is 3.74. The summed E-state index contributed by atoms with van der Waals surface area (Å²) in [4.78, 5) is 13.9. The molecular formula is C19H25BF3NO3. The van der Waals surface area contributed by atoms with E-state index in [1.54, 1.807) is 6.92 Å². The molecule has 0 unspecified atom stereocenters. The van der Waals surface area contributed by atoms with Crippen molar-refractivity contribution in [2.45, 2.75) is 64.6 Å². The Morgan fingerprint density at radius 2 is 1.59 bits per heavy atom. The van der Waals surface area contributed by atoms with Crippen LogP contribution in [0.25, 0.3) is 0 Å². The van der Waals surface area contributed by atoms with Crippen LogP contribution in [-0.4, -0.2) is 48.1 Å². The number of carbonyl (C=O) groups is 1. The minimum Gasteiger partial charge on any atom is -0.399 e. The minimum atomic E-state index is -2.76. The molecule has 1 amide bonds. The minimum absolute atomic E-state index is 0.0801. The maximum Gasteiger partial charge on any atom is 0.495 e. The highest BCUT2D eigenvalue weighted by Crippen LogP contribution is 2.37. The summed E-state index contributed by atoms with van der Waals surface area (Å²) in [6.07, 6.45) is -0.795. The van der Waals surface area contributed by atoms with Gasteiger partial charge in [0.1, 0.15) is 5.82 Å². The molecule has 0 atom stereocenters. The van der Waals surface area contributed by atoms with E-state index in [9.17, 15) is 18.0 Å². The summed E-state index contributed by atoms with van der Waals surface area (Å²) in [5.74, 6) is -4.02. The number of carbonyl (C=O) groups excluding carboxylic acids is 1. The van der Waals surface area contributed by atoms with Crippen molar-refractivity contribution < 1.29 is 27.3 Å². The van der Waals surface area contributed by atoms with Crippen molar-refractivity contribution in [2.75, 3.05) is 13.1 Å². The molecule has 0 saturated carbocycles. The highest BCUT2D eigenvalue weighted by molar-refractivity contribution is 6.62. The molecule has 2 aliphatic heterocycles. The first kappa shape index (κ1) is 20.2. The van der Waals surface area contributed by atoms with Crippen molar-refractivity contribution in [3.05, 3.63) is 29.1 Å². The molecule has 0 aromatic heterocycles. The molecule has 148 valence electrons. The van der Waals surface area contributed by atoms with Gasteiger partial charge in [-0.05, 0) is 52.2 Å². The van der Waals surface area contributed by atoms with Crippen LogP contribution in [0, 0.1) is 12.7 Å². The van der Waals surface area contributed by atoms with Gasteiger partial charge in [0.05, 0.1) is 16.8 Å². The summed E-state index contributed by atoms with van der Waals surface area (Å²) in [5.41, 5.74) is -0.0613. The lowest BCUT2D eigenvalue weighted by atomic mass is 9.75. The molecule has 2 fully saturated rings. The zero-order valence-corrected chi connectivity index (χ0v) is 16.4. The van der Waals surface area contributed by atoms with Gasteiger partial charge in [-0.1, -0.05) is 5.56 Å².